The Morgan fingerprint density at radius 2 is 2.16 bits per heavy atom. The molecule has 3 atom stereocenters. The molecule has 0 saturated carbocycles. The summed E-state index contributed by atoms with van der Waals surface area (Å²) >= 11 is 0. The summed E-state index contributed by atoms with van der Waals surface area (Å²) in [4.78, 5) is 0. The van der Waals surface area contributed by atoms with Gasteiger partial charge in [-0.15, -0.1) is 0 Å². The lowest BCUT2D eigenvalue weighted by molar-refractivity contribution is -0.0500. The van der Waals surface area contributed by atoms with Crippen molar-refractivity contribution < 1.29 is 18.3 Å². The summed E-state index contributed by atoms with van der Waals surface area (Å²) in [6, 6.07) is 7.08. The van der Waals surface area contributed by atoms with E-state index in [-0.39, 0.29) is 11.9 Å². The van der Waals surface area contributed by atoms with Gasteiger partial charge in [0.05, 0.1) is 12.7 Å². The molecule has 1 saturated heterocycles. The molecule has 0 aromatic heterocycles. The highest BCUT2D eigenvalue weighted by atomic mass is 19.3. The Morgan fingerprint density at radius 3 is 2.89 bits per heavy atom. The zero-order valence-electron chi connectivity index (χ0n) is 11.1. The monoisotopic (exact) mass is 271 g/mol. The van der Waals surface area contributed by atoms with Crippen LogP contribution in [0.25, 0.3) is 0 Å². The molecule has 1 aromatic carbocycles. The van der Waals surface area contributed by atoms with Crippen LogP contribution in [0.2, 0.25) is 0 Å². The summed E-state index contributed by atoms with van der Waals surface area (Å²) in [6.07, 6.45) is -0.131. The minimum absolute atomic E-state index is 0.131. The number of halogens is 2. The number of ether oxygens (including phenoxy) is 2. The van der Waals surface area contributed by atoms with Crippen LogP contribution in [-0.2, 0) is 4.74 Å². The maximum atomic E-state index is 12.2. The molecule has 2 rings (SSSR count). The SMILES string of the molecule is CC1COC(c2cccc(OC(F)F)c2)CNC1C. The van der Waals surface area contributed by atoms with Gasteiger partial charge in [-0.05, 0) is 30.5 Å². The summed E-state index contributed by atoms with van der Waals surface area (Å²) < 4.78 is 34.6. The largest absolute Gasteiger partial charge is 0.435 e. The van der Waals surface area contributed by atoms with Crippen LogP contribution in [0, 0.1) is 5.92 Å². The van der Waals surface area contributed by atoms with Crippen molar-refractivity contribution in [3.8, 4) is 5.75 Å². The molecule has 0 radical (unpaired) electrons. The molecule has 1 aliphatic rings. The van der Waals surface area contributed by atoms with Gasteiger partial charge in [-0.1, -0.05) is 19.1 Å². The molecule has 106 valence electrons. The zero-order chi connectivity index (χ0) is 13.8. The van der Waals surface area contributed by atoms with E-state index in [4.69, 9.17) is 4.74 Å². The first kappa shape index (κ1) is 14.2. The third-order valence-electron chi connectivity index (χ3n) is 3.49. The first-order valence-electron chi connectivity index (χ1n) is 6.46. The summed E-state index contributed by atoms with van der Waals surface area (Å²) in [5.74, 6) is 0.590. The van der Waals surface area contributed by atoms with E-state index in [9.17, 15) is 8.78 Å². The maximum absolute atomic E-state index is 12.2. The van der Waals surface area contributed by atoms with E-state index in [1.165, 1.54) is 6.07 Å². The van der Waals surface area contributed by atoms with E-state index in [1.54, 1.807) is 12.1 Å². The lowest BCUT2D eigenvalue weighted by atomic mass is 10.1. The van der Waals surface area contributed by atoms with Crippen LogP contribution in [0.15, 0.2) is 24.3 Å². The second-order valence-corrected chi connectivity index (χ2v) is 4.95. The van der Waals surface area contributed by atoms with Crippen LogP contribution in [0.5, 0.6) is 5.75 Å². The summed E-state index contributed by atoms with van der Waals surface area (Å²) in [6.45, 7) is 2.76. The zero-order valence-corrected chi connectivity index (χ0v) is 11.1. The average molecular weight is 271 g/mol. The molecule has 0 spiro atoms. The first-order valence-corrected chi connectivity index (χ1v) is 6.46. The molecule has 19 heavy (non-hydrogen) atoms. The molecule has 0 amide bonds. The number of rotatable bonds is 3. The van der Waals surface area contributed by atoms with Gasteiger partial charge in [-0.3, -0.25) is 0 Å². The highest BCUT2D eigenvalue weighted by molar-refractivity contribution is 5.30. The minimum atomic E-state index is -2.80. The molecule has 1 aliphatic heterocycles. The van der Waals surface area contributed by atoms with Gasteiger partial charge in [0.15, 0.2) is 0 Å². The number of nitrogens with one attached hydrogen (secondary N) is 1. The van der Waals surface area contributed by atoms with E-state index in [1.807, 2.05) is 6.07 Å². The molecule has 3 nitrogen and oxygen atoms in total. The predicted octanol–water partition coefficient (Wildman–Crippen LogP) is 2.97. The average Bonchev–Trinajstić information content (AvgIpc) is 2.52. The molecule has 1 N–H and O–H groups in total. The molecule has 1 aromatic rings. The molecule has 3 unspecified atom stereocenters. The lowest BCUT2D eigenvalue weighted by Crippen LogP contribution is -2.32. The Kier molecular flexibility index (Phi) is 4.71. The first-order chi connectivity index (χ1) is 9.06. The summed E-state index contributed by atoms with van der Waals surface area (Å²) in [5.41, 5.74) is 0.854. The Morgan fingerprint density at radius 1 is 1.37 bits per heavy atom. The van der Waals surface area contributed by atoms with E-state index < -0.39 is 6.61 Å². The van der Waals surface area contributed by atoms with Gasteiger partial charge in [0, 0.05) is 12.6 Å². The Bertz CT molecular complexity index is 402. The van der Waals surface area contributed by atoms with Crippen molar-refractivity contribution in [2.75, 3.05) is 13.2 Å². The van der Waals surface area contributed by atoms with Crippen molar-refractivity contribution in [2.45, 2.75) is 32.6 Å². The van der Waals surface area contributed by atoms with Crippen LogP contribution >= 0.6 is 0 Å². The maximum Gasteiger partial charge on any atom is 0.387 e. The van der Waals surface area contributed by atoms with Gasteiger partial charge in [-0.25, -0.2) is 0 Å². The highest BCUT2D eigenvalue weighted by Gasteiger charge is 2.22. The van der Waals surface area contributed by atoms with Gasteiger partial charge >= 0.3 is 6.61 Å². The van der Waals surface area contributed by atoms with Crippen molar-refractivity contribution in [1.29, 1.82) is 0 Å². The second-order valence-electron chi connectivity index (χ2n) is 4.95. The minimum Gasteiger partial charge on any atom is -0.435 e. The van der Waals surface area contributed by atoms with Crippen LogP contribution in [0.4, 0.5) is 8.78 Å². The number of hydrogen-bond donors (Lipinski definition) is 1. The highest BCUT2D eigenvalue weighted by Crippen LogP contribution is 2.25. The molecule has 1 fully saturated rings. The van der Waals surface area contributed by atoms with Crippen LogP contribution in [0.1, 0.15) is 25.5 Å². The molecule has 5 heteroatoms. The van der Waals surface area contributed by atoms with Crippen molar-refractivity contribution in [2.24, 2.45) is 5.92 Å². The van der Waals surface area contributed by atoms with Gasteiger partial charge < -0.3 is 14.8 Å². The van der Waals surface area contributed by atoms with E-state index in [0.29, 0.717) is 25.1 Å². The normalized spacial score (nSPS) is 28.2. The third kappa shape index (κ3) is 3.88. The molecular weight excluding hydrogens is 252 g/mol. The smallest absolute Gasteiger partial charge is 0.387 e. The van der Waals surface area contributed by atoms with E-state index >= 15 is 0 Å². The Labute approximate surface area is 111 Å². The summed E-state index contributed by atoms with van der Waals surface area (Å²) in [5, 5.41) is 3.39. The van der Waals surface area contributed by atoms with Crippen molar-refractivity contribution in [1.82, 2.24) is 5.32 Å². The van der Waals surface area contributed by atoms with Gasteiger partial charge in [-0.2, -0.15) is 8.78 Å². The number of benzene rings is 1. The fourth-order valence-corrected chi connectivity index (χ4v) is 2.07. The molecule has 0 aliphatic carbocycles. The number of alkyl halides is 2. The quantitative estimate of drug-likeness (QED) is 0.916. The van der Waals surface area contributed by atoms with Crippen LogP contribution in [-0.4, -0.2) is 25.8 Å². The van der Waals surface area contributed by atoms with Gasteiger partial charge in [0.1, 0.15) is 5.75 Å². The van der Waals surface area contributed by atoms with Crippen LogP contribution in [0.3, 0.4) is 0 Å². The third-order valence-corrected chi connectivity index (χ3v) is 3.49. The van der Waals surface area contributed by atoms with Gasteiger partial charge in [0.2, 0.25) is 0 Å². The standard InChI is InChI=1S/C14H19F2NO2/c1-9-8-18-13(7-17-10(9)2)11-4-3-5-12(6-11)19-14(15)16/h3-6,9-10,13-14,17H,7-8H2,1-2H3. The topological polar surface area (TPSA) is 30.5 Å². The van der Waals surface area contributed by atoms with E-state index in [2.05, 4.69) is 23.9 Å². The van der Waals surface area contributed by atoms with Crippen LogP contribution < -0.4 is 10.1 Å². The van der Waals surface area contributed by atoms with Gasteiger partial charge in [0.25, 0.3) is 0 Å². The lowest BCUT2D eigenvalue weighted by Gasteiger charge is -2.16. The second kappa shape index (κ2) is 6.30. The van der Waals surface area contributed by atoms with Crippen molar-refractivity contribution >= 4 is 0 Å². The number of hydrogen-bond acceptors (Lipinski definition) is 3. The Balaban J connectivity index is 2.08. The van der Waals surface area contributed by atoms with Crippen molar-refractivity contribution in [3.05, 3.63) is 29.8 Å². The van der Waals surface area contributed by atoms with E-state index in [0.717, 1.165) is 5.56 Å². The fourth-order valence-electron chi connectivity index (χ4n) is 2.07. The summed E-state index contributed by atoms with van der Waals surface area (Å²) in [7, 11) is 0. The molecule has 0 bridgehead atoms. The molecule has 1 heterocycles. The fraction of sp³-hybridized carbons (Fsp3) is 0.571. The molecular formula is C14H19F2NO2. The Hall–Kier alpha value is -1.20. The van der Waals surface area contributed by atoms with Crippen molar-refractivity contribution in [3.63, 3.8) is 0 Å². The predicted molar refractivity (Wildman–Crippen MR) is 68.4 cm³/mol.